The van der Waals surface area contributed by atoms with Gasteiger partial charge in [-0.3, -0.25) is 4.79 Å². The highest BCUT2D eigenvalue weighted by atomic mass is 127. The molecule has 78 valence electrons. The van der Waals surface area contributed by atoms with Crippen LogP contribution in [0.25, 0.3) is 10.9 Å². The van der Waals surface area contributed by atoms with E-state index in [0.29, 0.717) is 6.42 Å². The Bertz CT molecular complexity index is 504. The monoisotopic (exact) mass is 315 g/mol. The SMILES string of the molecule is O=C(O)CCc1c[nH]c2ccc(I)cc12. The molecule has 0 aliphatic carbocycles. The molecule has 1 aromatic heterocycles. The fourth-order valence-corrected chi connectivity index (χ4v) is 2.09. The summed E-state index contributed by atoms with van der Waals surface area (Å²) in [7, 11) is 0. The van der Waals surface area contributed by atoms with Gasteiger partial charge in [-0.2, -0.15) is 0 Å². The molecule has 3 nitrogen and oxygen atoms in total. The smallest absolute Gasteiger partial charge is 0.303 e. The third-order valence-corrected chi connectivity index (χ3v) is 3.01. The minimum atomic E-state index is -0.755. The van der Waals surface area contributed by atoms with Crippen molar-refractivity contribution in [3.63, 3.8) is 0 Å². The van der Waals surface area contributed by atoms with Crippen LogP contribution in [-0.4, -0.2) is 16.1 Å². The first-order valence-electron chi connectivity index (χ1n) is 4.64. The highest BCUT2D eigenvalue weighted by molar-refractivity contribution is 14.1. The van der Waals surface area contributed by atoms with Gasteiger partial charge in [-0.25, -0.2) is 0 Å². The Morgan fingerprint density at radius 2 is 2.27 bits per heavy atom. The van der Waals surface area contributed by atoms with E-state index in [2.05, 4.69) is 33.6 Å². The number of H-pyrrole nitrogens is 1. The standard InChI is InChI=1S/C11H10INO2/c12-8-2-3-10-9(5-8)7(6-13-10)1-4-11(14)15/h2-3,5-6,13H,1,4H2,(H,14,15). The van der Waals surface area contributed by atoms with Crippen LogP contribution in [0.2, 0.25) is 0 Å². The van der Waals surface area contributed by atoms with Crippen molar-refractivity contribution in [1.82, 2.24) is 4.98 Å². The number of benzene rings is 1. The molecule has 0 amide bonds. The number of carbonyl (C=O) groups is 1. The molecule has 0 bridgehead atoms. The molecule has 2 rings (SSSR count). The number of hydrogen-bond acceptors (Lipinski definition) is 1. The molecule has 0 saturated carbocycles. The number of fused-ring (bicyclic) bond motifs is 1. The lowest BCUT2D eigenvalue weighted by molar-refractivity contribution is -0.136. The lowest BCUT2D eigenvalue weighted by atomic mass is 10.1. The summed E-state index contributed by atoms with van der Waals surface area (Å²) in [5.41, 5.74) is 2.14. The molecular weight excluding hydrogens is 305 g/mol. The Morgan fingerprint density at radius 1 is 1.47 bits per heavy atom. The predicted molar refractivity (Wildman–Crippen MR) is 67.0 cm³/mol. The molecular formula is C11H10INO2. The first-order chi connectivity index (χ1) is 7.16. The van der Waals surface area contributed by atoms with Crippen LogP contribution in [0.1, 0.15) is 12.0 Å². The second-order valence-electron chi connectivity index (χ2n) is 3.40. The van der Waals surface area contributed by atoms with Crippen LogP contribution < -0.4 is 0 Å². The summed E-state index contributed by atoms with van der Waals surface area (Å²) in [5.74, 6) is -0.755. The summed E-state index contributed by atoms with van der Waals surface area (Å²) < 4.78 is 1.16. The molecule has 1 aromatic carbocycles. The molecule has 1 heterocycles. The number of aromatic nitrogens is 1. The fourth-order valence-electron chi connectivity index (χ4n) is 1.60. The zero-order valence-corrected chi connectivity index (χ0v) is 10.1. The topological polar surface area (TPSA) is 53.1 Å². The second-order valence-corrected chi connectivity index (χ2v) is 4.64. The summed E-state index contributed by atoms with van der Waals surface area (Å²) in [5, 5.41) is 9.76. The van der Waals surface area contributed by atoms with E-state index in [0.717, 1.165) is 20.0 Å². The van der Waals surface area contributed by atoms with Gasteiger partial charge in [0, 0.05) is 27.1 Å². The van der Waals surface area contributed by atoms with Crippen molar-refractivity contribution in [2.45, 2.75) is 12.8 Å². The Labute approximate surface area is 101 Å². The van der Waals surface area contributed by atoms with Crippen molar-refractivity contribution in [2.24, 2.45) is 0 Å². The molecule has 4 heteroatoms. The third-order valence-electron chi connectivity index (χ3n) is 2.34. The van der Waals surface area contributed by atoms with Crippen molar-refractivity contribution < 1.29 is 9.90 Å². The molecule has 2 aromatic rings. The first kappa shape index (κ1) is 10.5. The summed E-state index contributed by atoms with van der Waals surface area (Å²) >= 11 is 2.25. The number of aliphatic carboxylic acids is 1. The number of nitrogens with one attached hydrogen (secondary N) is 1. The zero-order chi connectivity index (χ0) is 10.8. The van der Waals surface area contributed by atoms with Gasteiger partial charge in [0.05, 0.1) is 0 Å². The maximum atomic E-state index is 10.5. The number of hydrogen-bond donors (Lipinski definition) is 2. The number of aromatic amines is 1. The van der Waals surface area contributed by atoms with Gasteiger partial charge in [-0.05, 0) is 52.8 Å². The van der Waals surface area contributed by atoms with E-state index in [9.17, 15) is 4.79 Å². The van der Waals surface area contributed by atoms with Crippen LogP contribution in [0.5, 0.6) is 0 Å². The number of carboxylic acid groups (broad SMARTS) is 1. The molecule has 0 radical (unpaired) electrons. The molecule has 0 aliphatic heterocycles. The van der Waals surface area contributed by atoms with Gasteiger partial charge >= 0.3 is 5.97 Å². The van der Waals surface area contributed by atoms with Gasteiger partial charge in [0.2, 0.25) is 0 Å². The van der Waals surface area contributed by atoms with Crippen molar-refractivity contribution in [1.29, 1.82) is 0 Å². The molecule has 0 fully saturated rings. The summed E-state index contributed by atoms with van der Waals surface area (Å²) in [6, 6.07) is 6.12. The Morgan fingerprint density at radius 3 is 3.00 bits per heavy atom. The normalized spacial score (nSPS) is 10.7. The summed E-state index contributed by atoms with van der Waals surface area (Å²) in [6.07, 6.45) is 2.65. The average molecular weight is 315 g/mol. The van der Waals surface area contributed by atoms with Crippen LogP contribution in [0.3, 0.4) is 0 Å². The lowest BCUT2D eigenvalue weighted by Crippen LogP contribution is -1.96. The number of carboxylic acids is 1. The van der Waals surface area contributed by atoms with E-state index in [1.807, 2.05) is 18.3 Å². The van der Waals surface area contributed by atoms with Crippen LogP contribution >= 0.6 is 22.6 Å². The minimum Gasteiger partial charge on any atom is -0.481 e. The van der Waals surface area contributed by atoms with E-state index >= 15 is 0 Å². The molecule has 15 heavy (non-hydrogen) atoms. The summed E-state index contributed by atoms with van der Waals surface area (Å²) in [4.78, 5) is 13.6. The molecule has 0 aliphatic rings. The van der Waals surface area contributed by atoms with Crippen molar-refractivity contribution >= 4 is 39.5 Å². The molecule has 0 saturated heterocycles. The van der Waals surface area contributed by atoms with Crippen molar-refractivity contribution in [2.75, 3.05) is 0 Å². The average Bonchev–Trinajstić information content (AvgIpc) is 2.57. The van der Waals surface area contributed by atoms with Gasteiger partial charge in [-0.15, -0.1) is 0 Å². The largest absolute Gasteiger partial charge is 0.481 e. The van der Waals surface area contributed by atoms with E-state index < -0.39 is 5.97 Å². The highest BCUT2D eigenvalue weighted by Crippen LogP contribution is 2.21. The van der Waals surface area contributed by atoms with E-state index in [4.69, 9.17) is 5.11 Å². The van der Waals surface area contributed by atoms with Crippen LogP contribution in [-0.2, 0) is 11.2 Å². The van der Waals surface area contributed by atoms with Crippen LogP contribution in [0.15, 0.2) is 24.4 Å². The fraction of sp³-hybridized carbons (Fsp3) is 0.182. The quantitative estimate of drug-likeness (QED) is 0.856. The van der Waals surface area contributed by atoms with Crippen molar-refractivity contribution in [3.05, 3.63) is 33.5 Å². The van der Waals surface area contributed by atoms with Gasteiger partial charge in [-0.1, -0.05) is 0 Å². The zero-order valence-electron chi connectivity index (χ0n) is 7.96. The van der Waals surface area contributed by atoms with Crippen molar-refractivity contribution in [3.8, 4) is 0 Å². The predicted octanol–water partition coefficient (Wildman–Crippen LogP) is 2.79. The molecule has 0 unspecified atom stereocenters. The molecule has 0 spiro atoms. The van der Waals surface area contributed by atoms with Gasteiger partial charge < -0.3 is 10.1 Å². The number of halogens is 1. The van der Waals surface area contributed by atoms with Gasteiger partial charge in [0.25, 0.3) is 0 Å². The minimum absolute atomic E-state index is 0.179. The first-order valence-corrected chi connectivity index (χ1v) is 5.72. The van der Waals surface area contributed by atoms with Gasteiger partial charge in [0.1, 0.15) is 0 Å². The summed E-state index contributed by atoms with van der Waals surface area (Å²) in [6.45, 7) is 0. The number of rotatable bonds is 3. The maximum Gasteiger partial charge on any atom is 0.303 e. The molecule has 2 N–H and O–H groups in total. The second kappa shape index (κ2) is 4.22. The number of aryl methyl sites for hydroxylation is 1. The van der Waals surface area contributed by atoms with E-state index in [1.165, 1.54) is 0 Å². The van der Waals surface area contributed by atoms with E-state index in [-0.39, 0.29) is 6.42 Å². The van der Waals surface area contributed by atoms with Crippen LogP contribution in [0, 0.1) is 3.57 Å². The lowest BCUT2D eigenvalue weighted by Gasteiger charge is -1.97. The molecule has 0 atom stereocenters. The third kappa shape index (κ3) is 2.31. The van der Waals surface area contributed by atoms with E-state index in [1.54, 1.807) is 0 Å². The van der Waals surface area contributed by atoms with Gasteiger partial charge in [0.15, 0.2) is 0 Å². The Kier molecular flexibility index (Phi) is 2.95. The Balaban J connectivity index is 2.35. The van der Waals surface area contributed by atoms with Crippen LogP contribution in [0.4, 0.5) is 0 Å². The Hall–Kier alpha value is -1.04. The highest BCUT2D eigenvalue weighted by Gasteiger charge is 2.05. The maximum absolute atomic E-state index is 10.5.